The predicted molar refractivity (Wildman–Crippen MR) is 120 cm³/mol. The molecule has 29 heavy (non-hydrogen) atoms. The van der Waals surface area contributed by atoms with Crippen LogP contribution in [0.3, 0.4) is 0 Å². The van der Waals surface area contributed by atoms with Crippen molar-refractivity contribution in [3.63, 3.8) is 0 Å². The van der Waals surface area contributed by atoms with Crippen molar-refractivity contribution in [1.82, 2.24) is 5.32 Å². The normalized spacial score (nSPS) is 17.2. The Labute approximate surface area is 174 Å². The highest BCUT2D eigenvalue weighted by atomic mass is 19.4. The summed E-state index contributed by atoms with van der Waals surface area (Å²) in [4.78, 5) is 4.34. The van der Waals surface area contributed by atoms with E-state index in [-0.39, 0.29) is 5.92 Å². The molecule has 162 valence electrons. The third-order valence-electron chi connectivity index (χ3n) is 4.54. The van der Waals surface area contributed by atoms with Crippen molar-refractivity contribution < 1.29 is 13.2 Å². The number of halogens is 3. The van der Waals surface area contributed by atoms with Gasteiger partial charge in [-0.05, 0) is 88.4 Å². The molecule has 1 saturated carbocycles. The number of hydrogen-bond acceptors (Lipinski definition) is 2. The number of allylic oxidation sites excluding steroid dienone is 8. The first-order valence-electron chi connectivity index (χ1n) is 9.90. The van der Waals surface area contributed by atoms with Gasteiger partial charge < -0.3 is 5.32 Å². The molecule has 0 atom stereocenters. The van der Waals surface area contributed by atoms with Gasteiger partial charge in [-0.3, -0.25) is 4.99 Å². The molecule has 1 fully saturated rings. The minimum atomic E-state index is -4.35. The van der Waals surface area contributed by atoms with E-state index in [1.54, 1.807) is 40.1 Å². The number of hydrogen-bond donors (Lipinski definition) is 1. The zero-order valence-electron chi connectivity index (χ0n) is 18.8. The van der Waals surface area contributed by atoms with Gasteiger partial charge in [0.25, 0.3) is 0 Å². The fraction of sp³-hybridized carbons (Fsp3) is 0.458. The molecule has 0 aromatic rings. The maximum absolute atomic E-state index is 13.4. The Morgan fingerprint density at radius 3 is 2.00 bits per heavy atom. The van der Waals surface area contributed by atoms with Gasteiger partial charge in [-0.2, -0.15) is 13.2 Å². The summed E-state index contributed by atoms with van der Waals surface area (Å²) in [5, 5.41) is 2.95. The largest absolute Gasteiger partial charge is 0.416 e. The summed E-state index contributed by atoms with van der Waals surface area (Å²) in [5.41, 5.74) is 3.40. The van der Waals surface area contributed by atoms with Crippen molar-refractivity contribution in [3.05, 3.63) is 71.3 Å². The molecule has 0 aliphatic heterocycles. The van der Waals surface area contributed by atoms with Crippen molar-refractivity contribution in [1.29, 1.82) is 0 Å². The van der Waals surface area contributed by atoms with E-state index in [1.807, 2.05) is 26.8 Å². The molecular formula is C24H35F3N2. The van der Waals surface area contributed by atoms with E-state index in [1.165, 1.54) is 6.08 Å². The lowest BCUT2D eigenvalue weighted by molar-refractivity contribution is -0.0892. The van der Waals surface area contributed by atoms with Crippen LogP contribution in [0.25, 0.3) is 0 Å². The maximum Gasteiger partial charge on any atom is 0.416 e. The molecule has 0 bridgehead atoms. The average Bonchev–Trinajstić information content (AvgIpc) is 3.49. The lowest BCUT2D eigenvalue weighted by Gasteiger charge is -2.13. The van der Waals surface area contributed by atoms with Crippen molar-refractivity contribution >= 4 is 5.71 Å². The molecule has 0 amide bonds. The maximum atomic E-state index is 13.4. The molecule has 1 N–H and O–H groups in total. The van der Waals surface area contributed by atoms with Crippen LogP contribution in [-0.2, 0) is 0 Å². The van der Waals surface area contributed by atoms with E-state index in [4.69, 9.17) is 0 Å². The SMILES string of the molecule is C=CN/C(C)=C/C(=C)C(C)=N/C=C(C)/C(C)=C/C(=C(\C)C1CC1)C(F)(F)F.CC. The lowest BCUT2D eigenvalue weighted by atomic mass is 10.00. The minimum absolute atomic E-state index is 0.0674. The van der Waals surface area contributed by atoms with Gasteiger partial charge in [0, 0.05) is 17.6 Å². The van der Waals surface area contributed by atoms with E-state index in [0.717, 1.165) is 18.5 Å². The molecule has 2 nitrogen and oxygen atoms in total. The summed E-state index contributed by atoms with van der Waals surface area (Å²) in [6.45, 7) is 20.2. The first kappa shape index (κ1) is 26.7. The molecule has 1 aliphatic rings. The van der Waals surface area contributed by atoms with E-state index in [0.29, 0.717) is 28.0 Å². The van der Waals surface area contributed by atoms with Crippen molar-refractivity contribution in [2.24, 2.45) is 10.9 Å². The second-order valence-corrected chi connectivity index (χ2v) is 6.92. The smallest absolute Gasteiger partial charge is 0.366 e. The van der Waals surface area contributed by atoms with E-state index in [9.17, 15) is 13.2 Å². The first-order chi connectivity index (χ1) is 13.5. The van der Waals surface area contributed by atoms with Crippen LogP contribution in [-0.4, -0.2) is 11.9 Å². The Morgan fingerprint density at radius 2 is 1.55 bits per heavy atom. The van der Waals surface area contributed by atoms with Gasteiger partial charge in [0.1, 0.15) is 0 Å². The van der Waals surface area contributed by atoms with Crippen LogP contribution in [0.2, 0.25) is 0 Å². The Hall–Kier alpha value is -2.30. The van der Waals surface area contributed by atoms with Crippen LogP contribution in [0, 0.1) is 5.92 Å². The molecule has 0 aromatic carbocycles. The summed E-state index contributed by atoms with van der Waals surface area (Å²) in [7, 11) is 0. The van der Waals surface area contributed by atoms with Crippen LogP contribution >= 0.6 is 0 Å². The van der Waals surface area contributed by atoms with Gasteiger partial charge in [-0.1, -0.05) is 32.6 Å². The van der Waals surface area contributed by atoms with Crippen molar-refractivity contribution in [3.8, 4) is 0 Å². The third kappa shape index (κ3) is 9.64. The molecule has 5 heteroatoms. The molecule has 0 radical (unpaired) electrons. The fourth-order valence-electron chi connectivity index (χ4n) is 2.43. The van der Waals surface area contributed by atoms with Crippen LogP contribution in [0.4, 0.5) is 13.2 Å². The minimum Gasteiger partial charge on any atom is -0.366 e. The number of alkyl halides is 3. The molecule has 1 rings (SSSR count). The van der Waals surface area contributed by atoms with Gasteiger partial charge in [-0.25, -0.2) is 0 Å². The monoisotopic (exact) mass is 408 g/mol. The number of nitrogens with zero attached hydrogens (tertiary/aromatic N) is 1. The highest BCUT2D eigenvalue weighted by Crippen LogP contribution is 2.42. The van der Waals surface area contributed by atoms with Gasteiger partial charge in [0.05, 0.1) is 5.57 Å². The second kappa shape index (κ2) is 12.3. The molecule has 0 saturated heterocycles. The summed E-state index contributed by atoms with van der Waals surface area (Å²) >= 11 is 0. The highest BCUT2D eigenvalue weighted by molar-refractivity contribution is 6.00. The lowest BCUT2D eigenvalue weighted by Crippen LogP contribution is -2.13. The highest BCUT2D eigenvalue weighted by Gasteiger charge is 2.37. The molecule has 0 unspecified atom stereocenters. The Balaban J connectivity index is 0.00000379. The van der Waals surface area contributed by atoms with Crippen LogP contribution in [0.15, 0.2) is 76.3 Å². The average molecular weight is 409 g/mol. The second-order valence-electron chi connectivity index (χ2n) is 6.92. The Morgan fingerprint density at radius 1 is 1.00 bits per heavy atom. The first-order valence-corrected chi connectivity index (χ1v) is 9.90. The molecule has 0 heterocycles. The summed E-state index contributed by atoms with van der Waals surface area (Å²) in [6.07, 6.45) is 3.55. The Bertz CT molecular complexity index is 741. The molecule has 0 spiro atoms. The number of nitrogens with one attached hydrogen (secondary N) is 1. The van der Waals surface area contributed by atoms with Crippen LogP contribution in [0.5, 0.6) is 0 Å². The third-order valence-corrected chi connectivity index (χ3v) is 4.54. The quantitative estimate of drug-likeness (QED) is 0.321. The summed E-state index contributed by atoms with van der Waals surface area (Å²) in [5.74, 6) is 0.0674. The van der Waals surface area contributed by atoms with Gasteiger partial charge in [0.15, 0.2) is 0 Å². The van der Waals surface area contributed by atoms with E-state index < -0.39 is 11.7 Å². The molecule has 1 aliphatic carbocycles. The summed E-state index contributed by atoms with van der Waals surface area (Å²) < 4.78 is 40.2. The number of aliphatic imine (C=N–C) groups is 1. The van der Waals surface area contributed by atoms with E-state index >= 15 is 0 Å². The zero-order chi connectivity index (χ0) is 22.8. The standard InChI is InChI=1S/C22H29F3N2.C2H6/c1-8-26-17(5)11-15(3)19(7)27-13-16(4)14(2)12-21(22(23,24)25)18(6)20-9-10-20;1-2/h8,11-13,20,26H,1,3,9-10H2,2,4-7H3;1-2H3/b14-12+,16-13+,17-11+,21-18-,27-19?;. The number of rotatable bonds is 8. The van der Waals surface area contributed by atoms with E-state index in [2.05, 4.69) is 23.5 Å². The molecular weight excluding hydrogens is 373 g/mol. The summed E-state index contributed by atoms with van der Waals surface area (Å²) in [6, 6.07) is 0. The van der Waals surface area contributed by atoms with Crippen molar-refractivity contribution in [2.75, 3.05) is 0 Å². The molecule has 0 aromatic heterocycles. The predicted octanol–water partition coefficient (Wildman–Crippen LogP) is 7.81. The van der Waals surface area contributed by atoms with Gasteiger partial charge in [0.2, 0.25) is 0 Å². The zero-order valence-corrected chi connectivity index (χ0v) is 18.8. The van der Waals surface area contributed by atoms with Gasteiger partial charge >= 0.3 is 6.18 Å². The van der Waals surface area contributed by atoms with Crippen LogP contribution in [0.1, 0.15) is 61.3 Å². The Kier molecular flexibility index (Phi) is 11.3. The van der Waals surface area contributed by atoms with Crippen LogP contribution < -0.4 is 5.32 Å². The topological polar surface area (TPSA) is 24.4 Å². The fourth-order valence-corrected chi connectivity index (χ4v) is 2.43. The van der Waals surface area contributed by atoms with Gasteiger partial charge in [-0.15, -0.1) is 0 Å². The van der Waals surface area contributed by atoms with Crippen molar-refractivity contribution in [2.45, 2.75) is 67.5 Å².